The number of aromatic hydroxyl groups is 1. The van der Waals surface area contributed by atoms with Gasteiger partial charge in [0, 0.05) is 17.6 Å². The molecule has 0 spiro atoms. The van der Waals surface area contributed by atoms with Crippen LogP contribution in [0.5, 0.6) is 5.75 Å². The van der Waals surface area contributed by atoms with Gasteiger partial charge in [0.25, 0.3) is 0 Å². The van der Waals surface area contributed by atoms with Gasteiger partial charge < -0.3 is 5.11 Å². The third-order valence-electron chi connectivity index (χ3n) is 4.33. The Morgan fingerprint density at radius 1 is 1.37 bits per heavy atom. The van der Waals surface area contributed by atoms with Crippen LogP contribution in [0, 0.1) is 5.82 Å². The number of benzene rings is 1. The van der Waals surface area contributed by atoms with Crippen molar-refractivity contribution < 1.29 is 9.50 Å². The summed E-state index contributed by atoms with van der Waals surface area (Å²) in [5.41, 5.74) is 0.709. The first-order valence-electron chi connectivity index (χ1n) is 7.37. The summed E-state index contributed by atoms with van der Waals surface area (Å²) in [6.45, 7) is 5.32. The zero-order valence-corrected chi connectivity index (χ0v) is 11.9. The van der Waals surface area contributed by atoms with E-state index >= 15 is 0 Å². The number of phenolic OH excluding ortho intramolecular Hbond substituents is 1. The van der Waals surface area contributed by atoms with E-state index in [1.807, 2.05) is 0 Å². The third-order valence-corrected chi connectivity index (χ3v) is 4.33. The van der Waals surface area contributed by atoms with E-state index in [0.717, 1.165) is 13.0 Å². The minimum Gasteiger partial charge on any atom is -0.508 e. The van der Waals surface area contributed by atoms with Crippen molar-refractivity contribution in [3.63, 3.8) is 0 Å². The molecule has 106 valence electrons. The lowest BCUT2D eigenvalue weighted by Gasteiger charge is -2.35. The van der Waals surface area contributed by atoms with Gasteiger partial charge in [-0.25, -0.2) is 4.39 Å². The molecule has 19 heavy (non-hydrogen) atoms. The molecule has 3 heteroatoms. The van der Waals surface area contributed by atoms with Gasteiger partial charge in [0.15, 0.2) is 0 Å². The van der Waals surface area contributed by atoms with Crippen molar-refractivity contribution in [1.29, 1.82) is 0 Å². The molecule has 1 aromatic carbocycles. The second kappa shape index (κ2) is 6.38. The first kappa shape index (κ1) is 14.3. The summed E-state index contributed by atoms with van der Waals surface area (Å²) in [5, 5.41) is 9.97. The lowest BCUT2D eigenvalue weighted by molar-refractivity contribution is 0.140. The van der Waals surface area contributed by atoms with Crippen molar-refractivity contribution >= 4 is 0 Å². The van der Waals surface area contributed by atoms with Crippen LogP contribution in [-0.4, -0.2) is 22.6 Å². The van der Waals surface area contributed by atoms with Crippen molar-refractivity contribution in [2.45, 2.75) is 58.0 Å². The van der Waals surface area contributed by atoms with Crippen molar-refractivity contribution in [2.24, 2.45) is 0 Å². The third kappa shape index (κ3) is 3.27. The molecule has 2 unspecified atom stereocenters. The van der Waals surface area contributed by atoms with Crippen LogP contribution in [0.2, 0.25) is 0 Å². The largest absolute Gasteiger partial charge is 0.508 e. The summed E-state index contributed by atoms with van der Waals surface area (Å²) in [4.78, 5) is 2.43. The van der Waals surface area contributed by atoms with Crippen LogP contribution in [0.15, 0.2) is 18.2 Å². The average Bonchev–Trinajstić information content (AvgIpc) is 2.65. The maximum absolute atomic E-state index is 13.4. The molecule has 2 nitrogen and oxygen atoms in total. The van der Waals surface area contributed by atoms with Crippen molar-refractivity contribution in [3.8, 4) is 5.75 Å². The summed E-state index contributed by atoms with van der Waals surface area (Å²) in [7, 11) is 0. The van der Waals surface area contributed by atoms with Crippen molar-refractivity contribution in [3.05, 3.63) is 29.6 Å². The zero-order valence-electron chi connectivity index (χ0n) is 11.9. The highest BCUT2D eigenvalue weighted by atomic mass is 19.1. The predicted molar refractivity (Wildman–Crippen MR) is 75.7 cm³/mol. The number of hydrogen-bond acceptors (Lipinski definition) is 2. The van der Waals surface area contributed by atoms with Gasteiger partial charge in [-0.2, -0.15) is 0 Å². The molecule has 2 rings (SSSR count). The van der Waals surface area contributed by atoms with Crippen LogP contribution >= 0.6 is 0 Å². The molecule has 0 radical (unpaired) electrons. The minimum atomic E-state index is -0.275. The van der Waals surface area contributed by atoms with Gasteiger partial charge in [-0.15, -0.1) is 0 Å². The topological polar surface area (TPSA) is 23.5 Å². The summed E-state index contributed by atoms with van der Waals surface area (Å²) in [5.74, 6) is -0.0736. The Bertz CT molecular complexity index is 421. The highest BCUT2D eigenvalue weighted by Crippen LogP contribution is 2.33. The molecule has 2 atom stereocenters. The van der Waals surface area contributed by atoms with Gasteiger partial charge in [0.1, 0.15) is 11.6 Å². The molecule has 1 aliphatic rings. The van der Waals surface area contributed by atoms with Crippen LogP contribution < -0.4 is 0 Å². The van der Waals surface area contributed by atoms with Gasteiger partial charge in [0.05, 0.1) is 0 Å². The van der Waals surface area contributed by atoms with Gasteiger partial charge in [0.2, 0.25) is 0 Å². The Morgan fingerprint density at radius 3 is 2.89 bits per heavy atom. The first-order chi connectivity index (χ1) is 9.13. The molecule has 0 aliphatic carbocycles. The highest BCUT2D eigenvalue weighted by Gasteiger charge is 2.26. The molecule has 0 aromatic heterocycles. The molecule has 1 N–H and O–H groups in total. The Labute approximate surface area is 115 Å². The SMILES string of the molecule is CCC1CCCCCN1C(C)c1cc(F)ccc1O. The fraction of sp³-hybridized carbons (Fsp3) is 0.625. The lowest BCUT2D eigenvalue weighted by atomic mass is 10.0. The van der Waals surface area contributed by atoms with Crippen LogP contribution in [0.25, 0.3) is 0 Å². The zero-order chi connectivity index (χ0) is 13.8. The Hall–Kier alpha value is -1.09. The lowest BCUT2D eigenvalue weighted by Crippen LogP contribution is -2.36. The molecule has 1 saturated heterocycles. The van der Waals surface area contributed by atoms with Crippen molar-refractivity contribution in [2.75, 3.05) is 6.54 Å². The van der Waals surface area contributed by atoms with Crippen LogP contribution in [0.4, 0.5) is 4.39 Å². The smallest absolute Gasteiger partial charge is 0.123 e. The molecule has 0 saturated carbocycles. The average molecular weight is 265 g/mol. The monoisotopic (exact) mass is 265 g/mol. The number of halogens is 1. The predicted octanol–water partition coefficient (Wildman–Crippen LogP) is 4.25. The number of phenols is 1. The highest BCUT2D eigenvalue weighted by molar-refractivity contribution is 5.35. The Balaban J connectivity index is 2.24. The second-order valence-electron chi connectivity index (χ2n) is 5.53. The van der Waals surface area contributed by atoms with E-state index in [9.17, 15) is 9.50 Å². The van der Waals surface area contributed by atoms with Gasteiger partial charge in [-0.05, 0) is 50.9 Å². The number of nitrogens with zero attached hydrogens (tertiary/aromatic N) is 1. The van der Waals surface area contributed by atoms with E-state index < -0.39 is 0 Å². The molecule has 1 heterocycles. The number of likely N-dealkylation sites (tertiary alicyclic amines) is 1. The molecule has 0 amide bonds. The molecule has 1 aromatic rings. The van der Waals surface area contributed by atoms with E-state index in [0.29, 0.717) is 11.6 Å². The van der Waals surface area contributed by atoms with Gasteiger partial charge >= 0.3 is 0 Å². The maximum atomic E-state index is 13.4. The standard InChI is InChI=1S/C16H24FNO/c1-3-14-7-5-4-6-10-18(14)12(2)15-11-13(17)8-9-16(15)19/h8-9,11-12,14,19H,3-7,10H2,1-2H3. The van der Waals surface area contributed by atoms with Gasteiger partial charge in [-0.3, -0.25) is 4.90 Å². The van der Waals surface area contributed by atoms with Crippen LogP contribution in [0.3, 0.4) is 0 Å². The van der Waals surface area contributed by atoms with Crippen LogP contribution in [0.1, 0.15) is 57.6 Å². The van der Waals surface area contributed by atoms with E-state index in [2.05, 4.69) is 18.7 Å². The summed E-state index contributed by atoms with van der Waals surface area (Å²) < 4.78 is 13.4. The quantitative estimate of drug-likeness (QED) is 0.883. The fourth-order valence-electron chi connectivity index (χ4n) is 3.19. The first-order valence-corrected chi connectivity index (χ1v) is 7.37. The minimum absolute atomic E-state index is 0.0683. The van der Waals surface area contributed by atoms with Crippen molar-refractivity contribution in [1.82, 2.24) is 4.90 Å². The maximum Gasteiger partial charge on any atom is 0.123 e. The molecular formula is C16H24FNO. The molecule has 0 bridgehead atoms. The van der Waals surface area contributed by atoms with E-state index in [1.54, 1.807) is 0 Å². The van der Waals surface area contributed by atoms with Crippen LogP contribution in [-0.2, 0) is 0 Å². The fourth-order valence-corrected chi connectivity index (χ4v) is 3.19. The summed E-state index contributed by atoms with van der Waals surface area (Å²) in [6, 6.07) is 4.85. The number of rotatable bonds is 3. The second-order valence-corrected chi connectivity index (χ2v) is 5.53. The van der Waals surface area contributed by atoms with E-state index in [4.69, 9.17) is 0 Å². The Kier molecular flexibility index (Phi) is 4.81. The number of hydrogen-bond donors (Lipinski definition) is 1. The summed E-state index contributed by atoms with van der Waals surface area (Å²) >= 11 is 0. The summed E-state index contributed by atoms with van der Waals surface area (Å²) in [6.07, 6.45) is 6.06. The normalized spacial score (nSPS) is 23.0. The molecular weight excluding hydrogens is 241 g/mol. The molecule has 1 fully saturated rings. The Morgan fingerprint density at radius 2 is 2.16 bits per heavy atom. The van der Waals surface area contributed by atoms with E-state index in [-0.39, 0.29) is 17.6 Å². The molecule has 1 aliphatic heterocycles. The van der Waals surface area contributed by atoms with Gasteiger partial charge in [-0.1, -0.05) is 19.8 Å². The van der Waals surface area contributed by atoms with E-state index in [1.165, 1.54) is 43.9 Å².